The Bertz CT molecular complexity index is 151. The normalized spacial score (nSPS) is 34.6. The second-order valence-corrected chi connectivity index (χ2v) is 4.39. The predicted octanol–water partition coefficient (Wildman–Crippen LogP) is 0.579. The first-order valence-corrected chi connectivity index (χ1v) is 4.43. The van der Waals surface area contributed by atoms with Crippen LogP contribution in [0.2, 0.25) is 0 Å². The number of aliphatic carboxylic acids is 1. The third kappa shape index (κ3) is 1.60. The number of nitrogens with zero attached hydrogens (tertiary/aromatic N) is 1. The summed E-state index contributed by atoms with van der Waals surface area (Å²) >= 11 is 2.29. The first-order valence-electron chi connectivity index (χ1n) is 3.18. The topological polar surface area (TPSA) is 40.5 Å². The highest BCUT2D eigenvalue weighted by Gasteiger charge is 2.32. The summed E-state index contributed by atoms with van der Waals surface area (Å²) in [6, 6.07) is -0.248. The zero-order chi connectivity index (χ0) is 7.72. The van der Waals surface area contributed by atoms with Gasteiger partial charge >= 0.3 is 5.97 Å². The lowest BCUT2D eigenvalue weighted by molar-refractivity contribution is -0.141. The van der Waals surface area contributed by atoms with Crippen molar-refractivity contribution < 1.29 is 9.90 Å². The highest BCUT2D eigenvalue weighted by molar-refractivity contribution is 14.1. The van der Waals surface area contributed by atoms with Crippen LogP contribution in [0.3, 0.4) is 0 Å². The number of carbonyl (C=O) groups is 1. The Morgan fingerprint density at radius 1 is 1.80 bits per heavy atom. The number of alkyl halides is 1. The molecule has 0 aromatic carbocycles. The molecule has 0 aliphatic carbocycles. The van der Waals surface area contributed by atoms with E-state index < -0.39 is 5.97 Å². The van der Waals surface area contributed by atoms with Crippen molar-refractivity contribution >= 4 is 28.6 Å². The van der Waals surface area contributed by atoms with Crippen molar-refractivity contribution in [2.75, 3.05) is 13.6 Å². The van der Waals surface area contributed by atoms with Crippen molar-refractivity contribution in [3.05, 3.63) is 0 Å². The number of hydrogen-bond acceptors (Lipinski definition) is 2. The molecule has 58 valence electrons. The largest absolute Gasteiger partial charge is 0.480 e. The summed E-state index contributed by atoms with van der Waals surface area (Å²) in [5.41, 5.74) is 0. The number of carboxylic acids is 1. The lowest BCUT2D eigenvalue weighted by Gasteiger charge is -2.13. The SMILES string of the molecule is CN1CC(I)CC1C(=O)O. The molecule has 2 unspecified atom stereocenters. The van der Waals surface area contributed by atoms with Gasteiger partial charge < -0.3 is 5.11 Å². The maximum Gasteiger partial charge on any atom is 0.320 e. The van der Waals surface area contributed by atoms with E-state index >= 15 is 0 Å². The van der Waals surface area contributed by atoms with E-state index in [0.29, 0.717) is 3.92 Å². The molecule has 0 bridgehead atoms. The highest BCUT2D eigenvalue weighted by Crippen LogP contribution is 2.21. The van der Waals surface area contributed by atoms with Gasteiger partial charge in [0.25, 0.3) is 0 Å². The van der Waals surface area contributed by atoms with E-state index in [9.17, 15) is 4.79 Å². The van der Waals surface area contributed by atoms with Gasteiger partial charge in [-0.1, -0.05) is 22.6 Å². The van der Waals surface area contributed by atoms with Crippen LogP contribution < -0.4 is 0 Å². The van der Waals surface area contributed by atoms with Gasteiger partial charge in [-0.05, 0) is 13.5 Å². The van der Waals surface area contributed by atoms with Gasteiger partial charge in [0.15, 0.2) is 0 Å². The van der Waals surface area contributed by atoms with E-state index in [1.165, 1.54) is 0 Å². The lowest BCUT2D eigenvalue weighted by Crippen LogP contribution is -2.32. The number of likely N-dealkylation sites (tertiary alicyclic amines) is 1. The van der Waals surface area contributed by atoms with Gasteiger partial charge in [-0.15, -0.1) is 0 Å². The van der Waals surface area contributed by atoms with E-state index in [1.54, 1.807) is 0 Å². The summed E-state index contributed by atoms with van der Waals surface area (Å²) in [5, 5.41) is 8.66. The van der Waals surface area contributed by atoms with Crippen LogP contribution in [0.4, 0.5) is 0 Å². The van der Waals surface area contributed by atoms with Crippen LogP contribution in [0.15, 0.2) is 0 Å². The van der Waals surface area contributed by atoms with Crippen LogP contribution in [0.1, 0.15) is 6.42 Å². The molecular formula is C6H10INO2. The van der Waals surface area contributed by atoms with Crippen LogP contribution in [0, 0.1) is 0 Å². The summed E-state index contributed by atoms with van der Waals surface area (Å²) < 4.78 is 0.503. The van der Waals surface area contributed by atoms with E-state index in [4.69, 9.17) is 5.11 Å². The predicted molar refractivity (Wildman–Crippen MR) is 46.5 cm³/mol. The summed E-state index contributed by atoms with van der Waals surface area (Å²) in [6.07, 6.45) is 0.784. The molecule has 0 saturated carbocycles. The van der Waals surface area contributed by atoms with Crippen LogP contribution in [-0.2, 0) is 4.79 Å². The number of hydrogen-bond donors (Lipinski definition) is 1. The Morgan fingerprint density at radius 2 is 2.40 bits per heavy atom. The second kappa shape index (κ2) is 3.04. The molecule has 1 rings (SSSR count). The van der Waals surface area contributed by atoms with Crippen molar-refractivity contribution in [2.45, 2.75) is 16.4 Å². The van der Waals surface area contributed by atoms with Crippen LogP contribution in [0.25, 0.3) is 0 Å². The fraction of sp³-hybridized carbons (Fsp3) is 0.833. The van der Waals surface area contributed by atoms with Gasteiger partial charge in [-0.2, -0.15) is 0 Å². The van der Waals surface area contributed by atoms with Crippen molar-refractivity contribution in [1.29, 1.82) is 0 Å². The van der Waals surface area contributed by atoms with Crippen LogP contribution >= 0.6 is 22.6 Å². The Morgan fingerprint density at radius 3 is 2.60 bits per heavy atom. The van der Waals surface area contributed by atoms with Crippen molar-refractivity contribution in [3.8, 4) is 0 Å². The van der Waals surface area contributed by atoms with Gasteiger partial charge in [0.05, 0.1) is 0 Å². The average Bonchev–Trinajstić information content (AvgIpc) is 2.10. The quantitative estimate of drug-likeness (QED) is 0.550. The molecule has 0 aromatic rings. The number of rotatable bonds is 1. The van der Waals surface area contributed by atoms with Gasteiger partial charge in [0.1, 0.15) is 6.04 Å². The maximum absolute atomic E-state index is 10.5. The molecule has 1 aliphatic rings. The lowest BCUT2D eigenvalue weighted by atomic mass is 10.2. The van der Waals surface area contributed by atoms with Crippen molar-refractivity contribution in [2.24, 2.45) is 0 Å². The zero-order valence-corrected chi connectivity index (χ0v) is 7.91. The molecule has 4 heteroatoms. The standard InChI is InChI=1S/C6H10INO2/c1-8-3-4(7)2-5(8)6(9)10/h4-5H,2-3H2,1H3,(H,9,10). The first-order chi connectivity index (χ1) is 4.61. The van der Waals surface area contributed by atoms with E-state index in [1.807, 2.05) is 11.9 Å². The Hall–Kier alpha value is 0.160. The van der Waals surface area contributed by atoms with E-state index in [0.717, 1.165) is 13.0 Å². The Balaban J connectivity index is 2.54. The fourth-order valence-electron chi connectivity index (χ4n) is 1.23. The molecule has 0 radical (unpaired) electrons. The molecule has 1 aliphatic heterocycles. The highest BCUT2D eigenvalue weighted by atomic mass is 127. The number of carboxylic acid groups (broad SMARTS) is 1. The summed E-state index contributed by atoms with van der Waals surface area (Å²) in [4.78, 5) is 12.4. The summed E-state index contributed by atoms with van der Waals surface area (Å²) in [6.45, 7) is 0.900. The molecule has 0 amide bonds. The Labute approximate surface area is 73.5 Å². The van der Waals surface area contributed by atoms with Crippen LogP contribution in [0.5, 0.6) is 0 Å². The molecule has 1 heterocycles. The van der Waals surface area contributed by atoms with Gasteiger partial charge in [-0.3, -0.25) is 9.69 Å². The minimum atomic E-state index is -0.693. The van der Waals surface area contributed by atoms with Crippen molar-refractivity contribution in [1.82, 2.24) is 4.90 Å². The third-order valence-electron chi connectivity index (χ3n) is 1.78. The molecule has 2 atom stereocenters. The van der Waals surface area contributed by atoms with Gasteiger partial charge in [0, 0.05) is 10.5 Å². The number of halogens is 1. The molecule has 1 fully saturated rings. The smallest absolute Gasteiger partial charge is 0.320 e. The molecule has 10 heavy (non-hydrogen) atoms. The zero-order valence-electron chi connectivity index (χ0n) is 5.75. The Kier molecular flexibility index (Phi) is 2.51. The monoisotopic (exact) mass is 255 g/mol. The number of likely N-dealkylation sites (N-methyl/N-ethyl adjacent to an activating group) is 1. The summed E-state index contributed by atoms with van der Waals surface area (Å²) in [7, 11) is 1.86. The average molecular weight is 255 g/mol. The second-order valence-electron chi connectivity index (χ2n) is 2.63. The van der Waals surface area contributed by atoms with E-state index in [2.05, 4.69) is 22.6 Å². The molecule has 0 aromatic heterocycles. The van der Waals surface area contributed by atoms with Gasteiger partial charge in [-0.25, -0.2) is 0 Å². The minimum absolute atomic E-state index is 0.248. The summed E-state index contributed by atoms with van der Waals surface area (Å²) in [5.74, 6) is -0.693. The van der Waals surface area contributed by atoms with Crippen molar-refractivity contribution in [3.63, 3.8) is 0 Å². The van der Waals surface area contributed by atoms with Gasteiger partial charge in [0.2, 0.25) is 0 Å². The maximum atomic E-state index is 10.5. The molecule has 3 nitrogen and oxygen atoms in total. The molecule has 0 spiro atoms. The fourth-order valence-corrected chi connectivity index (χ4v) is 2.33. The molecular weight excluding hydrogens is 245 g/mol. The third-order valence-corrected chi connectivity index (χ3v) is 2.68. The molecule has 1 N–H and O–H groups in total. The van der Waals surface area contributed by atoms with Crippen LogP contribution in [-0.4, -0.2) is 39.5 Å². The van der Waals surface area contributed by atoms with E-state index in [-0.39, 0.29) is 6.04 Å². The first kappa shape index (κ1) is 8.26. The minimum Gasteiger partial charge on any atom is -0.480 e. The molecule has 1 saturated heterocycles.